The number of nitrogens with two attached hydrogens (primary N) is 1. The number of halogens is 1. The molecule has 3 heterocycles. The van der Waals surface area contributed by atoms with Crippen LogP contribution in [-0.2, 0) is 0 Å². The lowest BCUT2D eigenvalue weighted by molar-refractivity contribution is -0.614. The molecule has 3 aromatic rings. The number of alkyl halides is 1. The monoisotopic (exact) mass is 442 g/mol. The highest BCUT2D eigenvalue weighted by Crippen LogP contribution is 2.31. The summed E-state index contributed by atoms with van der Waals surface area (Å²) in [7, 11) is 1.71. The highest BCUT2D eigenvalue weighted by Gasteiger charge is 2.37. The Bertz CT molecular complexity index is 1240. The first-order valence-corrected chi connectivity index (χ1v) is 10.7. The van der Waals surface area contributed by atoms with E-state index in [0.29, 0.717) is 42.2 Å². The molecule has 3 aromatic heterocycles. The van der Waals surface area contributed by atoms with E-state index < -0.39 is 12.3 Å². The average Bonchev–Trinajstić information content (AvgIpc) is 3.21. The van der Waals surface area contributed by atoms with Gasteiger partial charge in [0.05, 0.1) is 18.3 Å². The zero-order valence-corrected chi connectivity index (χ0v) is 17.5. The topological polar surface area (TPSA) is 130 Å². The van der Waals surface area contributed by atoms with Crippen molar-refractivity contribution >= 4 is 28.9 Å². The molecule has 32 heavy (non-hydrogen) atoms. The molecule has 10 nitrogen and oxygen atoms in total. The molecule has 0 bridgehead atoms. The Morgan fingerprint density at radius 2 is 2.16 bits per heavy atom. The highest BCUT2D eigenvalue weighted by atomic mass is 19.1. The lowest BCUT2D eigenvalue weighted by Gasteiger charge is -2.34. The Morgan fingerprint density at radius 3 is 2.78 bits per heavy atom. The van der Waals surface area contributed by atoms with Gasteiger partial charge in [0.15, 0.2) is 11.8 Å². The average molecular weight is 442 g/mol. The number of aliphatic hydroxyl groups excluding tert-OH is 1. The number of nitrogens with one attached hydrogen (secondary N) is 2. The minimum Gasteiger partial charge on any atom is -0.391 e. The number of amides is 1. The number of hydrogen-bond acceptors (Lipinski definition) is 7. The van der Waals surface area contributed by atoms with Gasteiger partial charge in [-0.3, -0.25) is 10.1 Å². The van der Waals surface area contributed by atoms with E-state index in [9.17, 15) is 19.1 Å². The third-order valence-electron chi connectivity index (χ3n) is 6.40. The van der Waals surface area contributed by atoms with E-state index in [1.807, 2.05) is 0 Å². The van der Waals surface area contributed by atoms with E-state index >= 15 is 0 Å². The van der Waals surface area contributed by atoms with Crippen LogP contribution in [0.4, 0.5) is 21.7 Å². The Hall–Kier alpha value is -3.31. The number of primary amides is 1. The van der Waals surface area contributed by atoms with E-state index in [2.05, 4.69) is 20.7 Å². The first-order valence-electron chi connectivity index (χ1n) is 10.7. The van der Waals surface area contributed by atoms with Crippen LogP contribution in [-0.4, -0.2) is 55.5 Å². The summed E-state index contributed by atoms with van der Waals surface area (Å²) in [5.74, 6) is 0.599. The predicted octanol–water partition coefficient (Wildman–Crippen LogP) is 0.576. The van der Waals surface area contributed by atoms with Crippen molar-refractivity contribution in [2.75, 3.05) is 17.7 Å². The molecule has 5 rings (SSSR count). The quantitative estimate of drug-likeness (QED) is 0.439. The van der Waals surface area contributed by atoms with Gasteiger partial charge in [-0.15, -0.1) is 0 Å². The summed E-state index contributed by atoms with van der Waals surface area (Å²) < 4.78 is 16.6. The lowest BCUT2D eigenvalue weighted by atomic mass is 9.89. The fraction of sp³-hybridized carbons (Fsp3) is 0.429. The molecule has 11 heteroatoms. The van der Waals surface area contributed by atoms with Crippen LogP contribution in [0, 0.1) is 0 Å². The number of aliphatic hydroxyl groups is 1. The van der Waals surface area contributed by atoms with Crippen LogP contribution in [0.3, 0.4) is 0 Å². The zero-order chi connectivity index (χ0) is 22.4. The molecule has 2 aliphatic rings. The van der Waals surface area contributed by atoms with E-state index in [1.165, 1.54) is 20.6 Å². The van der Waals surface area contributed by atoms with Crippen LogP contribution in [0.2, 0.25) is 0 Å². The van der Waals surface area contributed by atoms with E-state index in [4.69, 9.17) is 0 Å². The Morgan fingerprint density at radius 1 is 1.31 bits per heavy atom. The highest BCUT2D eigenvalue weighted by molar-refractivity contribution is 5.94. The molecule has 1 unspecified atom stereocenters. The van der Waals surface area contributed by atoms with Crippen molar-refractivity contribution in [1.82, 2.24) is 19.2 Å². The van der Waals surface area contributed by atoms with E-state index in [0.717, 1.165) is 6.42 Å². The van der Waals surface area contributed by atoms with Gasteiger partial charge in [0.2, 0.25) is 0 Å². The zero-order valence-electron chi connectivity index (χ0n) is 17.5. The van der Waals surface area contributed by atoms with E-state index in [1.54, 1.807) is 31.4 Å². The second kappa shape index (κ2) is 7.99. The number of pyridine rings is 1. The van der Waals surface area contributed by atoms with Gasteiger partial charge in [-0.25, -0.2) is 14.2 Å². The molecular weight excluding hydrogens is 417 g/mol. The SMILES string of the molecule is CNc1cc(Nc2cccn([C@H]3CC[C@H]3O)c2=O)nc2c(C(=O)[NH2+]C3CC[C@H]3F)cnn12. The number of fused-ring (bicyclic) bond motifs is 1. The largest absolute Gasteiger partial charge is 0.391 e. The maximum atomic E-state index is 13.6. The number of carbonyl (C=O) groups excluding carboxylic acids is 1. The summed E-state index contributed by atoms with van der Waals surface area (Å²) in [6, 6.07) is 4.46. The molecule has 168 valence electrons. The van der Waals surface area contributed by atoms with Gasteiger partial charge in [-0.05, 0) is 31.4 Å². The summed E-state index contributed by atoms with van der Waals surface area (Å²) in [5, 5.41) is 21.6. The number of hydrogen-bond donors (Lipinski definition) is 4. The van der Waals surface area contributed by atoms with Crippen molar-refractivity contribution in [1.29, 1.82) is 0 Å². The fourth-order valence-corrected chi connectivity index (χ4v) is 4.13. The molecule has 4 atom stereocenters. The van der Waals surface area contributed by atoms with Gasteiger partial charge >= 0.3 is 5.91 Å². The number of carbonyl (C=O) groups is 1. The van der Waals surface area contributed by atoms with Crippen molar-refractivity contribution in [3.63, 3.8) is 0 Å². The number of rotatable bonds is 6. The third kappa shape index (κ3) is 3.43. The Balaban J connectivity index is 1.48. The van der Waals surface area contributed by atoms with E-state index in [-0.39, 0.29) is 29.1 Å². The van der Waals surface area contributed by atoms with Crippen molar-refractivity contribution in [3.8, 4) is 0 Å². The molecule has 5 N–H and O–H groups in total. The molecular formula is C21H25FN7O3+. The van der Waals surface area contributed by atoms with Crippen molar-refractivity contribution in [3.05, 3.63) is 46.5 Å². The molecule has 0 aliphatic heterocycles. The van der Waals surface area contributed by atoms with Gasteiger partial charge < -0.3 is 20.3 Å². The number of aromatic nitrogens is 4. The molecule has 0 aromatic carbocycles. The number of quaternary nitrogens is 1. The normalized spacial score (nSPS) is 24.6. The molecule has 0 saturated heterocycles. The van der Waals surface area contributed by atoms with Crippen LogP contribution in [0.15, 0.2) is 35.4 Å². The molecule has 0 spiro atoms. The van der Waals surface area contributed by atoms with Crippen LogP contribution in [0.25, 0.3) is 5.65 Å². The van der Waals surface area contributed by atoms with Crippen LogP contribution < -0.4 is 21.5 Å². The smallest absolute Gasteiger partial charge is 0.348 e. The maximum Gasteiger partial charge on any atom is 0.348 e. The summed E-state index contributed by atoms with van der Waals surface area (Å²) in [6.07, 6.45) is 4.15. The number of nitrogens with zero attached hydrogens (tertiary/aromatic N) is 4. The Labute approximate surface area is 182 Å². The maximum absolute atomic E-state index is 13.6. The summed E-state index contributed by atoms with van der Waals surface area (Å²) >= 11 is 0. The second-order valence-corrected chi connectivity index (χ2v) is 8.33. The van der Waals surface area contributed by atoms with Gasteiger partial charge in [-0.1, -0.05) is 0 Å². The summed E-state index contributed by atoms with van der Waals surface area (Å²) in [6.45, 7) is 0. The van der Waals surface area contributed by atoms with Crippen molar-refractivity contribution < 1.29 is 19.6 Å². The Kier molecular flexibility index (Phi) is 5.14. The van der Waals surface area contributed by atoms with Gasteiger partial charge in [-0.2, -0.15) is 9.61 Å². The summed E-state index contributed by atoms with van der Waals surface area (Å²) in [5.41, 5.74) is 0.619. The van der Waals surface area contributed by atoms with Gasteiger partial charge in [0.25, 0.3) is 5.56 Å². The fourth-order valence-electron chi connectivity index (χ4n) is 4.13. The van der Waals surface area contributed by atoms with Crippen LogP contribution in [0.1, 0.15) is 42.1 Å². The summed E-state index contributed by atoms with van der Waals surface area (Å²) in [4.78, 5) is 30.2. The molecule has 1 amide bonds. The van der Waals surface area contributed by atoms with Gasteiger partial charge in [0.1, 0.15) is 28.9 Å². The van der Waals surface area contributed by atoms with Crippen LogP contribution in [0.5, 0.6) is 0 Å². The predicted molar refractivity (Wildman–Crippen MR) is 115 cm³/mol. The standard InChI is InChI=1S/C21H24FN7O3/c1-23-18-9-17(25-14-3-2-8-28(21(14)32)15-6-7-16(15)30)27-19-11(10-24-29(18)19)20(31)26-13-5-4-12(13)22/h2-3,8-10,12-13,15-16,23,30H,4-7H2,1H3,(H,25,27)(H,26,31)/p+1/t12-,13?,15+,16-/m1/s1. The molecule has 2 fully saturated rings. The first kappa shape index (κ1) is 20.6. The second-order valence-electron chi connectivity index (χ2n) is 8.33. The lowest BCUT2D eigenvalue weighted by Crippen LogP contribution is -2.97. The van der Waals surface area contributed by atoms with Crippen molar-refractivity contribution in [2.24, 2.45) is 0 Å². The number of anilines is 3. The minimum atomic E-state index is -0.978. The van der Waals surface area contributed by atoms with Crippen LogP contribution >= 0.6 is 0 Å². The first-order chi connectivity index (χ1) is 15.5. The molecule has 2 aliphatic carbocycles. The van der Waals surface area contributed by atoms with Gasteiger partial charge in [0, 0.05) is 25.7 Å². The van der Waals surface area contributed by atoms with Crippen molar-refractivity contribution in [2.45, 2.75) is 50.0 Å². The minimum absolute atomic E-state index is 0.229. The molecule has 0 radical (unpaired) electrons. The molecule has 2 saturated carbocycles. The third-order valence-corrected chi connectivity index (χ3v) is 6.40.